The smallest absolute Gasteiger partial charge is 0.339 e. The molecule has 0 aromatic heterocycles. The minimum absolute atomic E-state index is 0.134. The number of rotatable bonds is 8. The SMILES string of the molecule is C=C(C(=O)OCCCCC)C(O)C(=O)OCC. The van der Waals surface area contributed by atoms with Crippen molar-refractivity contribution in [3.8, 4) is 0 Å². The van der Waals surface area contributed by atoms with Gasteiger partial charge >= 0.3 is 11.9 Å². The lowest BCUT2D eigenvalue weighted by Crippen LogP contribution is -2.29. The molecule has 0 amide bonds. The first kappa shape index (κ1) is 15.6. The lowest BCUT2D eigenvalue weighted by molar-refractivity contribution is -0.154. The number of carbonyl (C=O) groups is 2. The van der Waals surface area contributed by atoms with Gasteiger partial charge in [-0.1, -0.05) is 26.3 Å². The predicted octanol–water partition coefficient (Wildman–Crippen LogP) is 1.20. The number of carbonyl (C=O) groups excluding carboxylic acids is 2. The Morgan fingerprint density at radius 1 is 1.24 bits per heavy atom. The molecule has 0 rings (SSSR count). The van der Waals surface area contributed by atoms with Gasteiger partial charge in [-0.15, -0.1) is 0 Å². The molecule has 0 aliphatic rings. The van der Waals surface area contributed by atoms with Crippen LogP contribution in [0.5, 0.6) is 0 Å². The molecule has 0 aromatic carbocycles. The Kier molecular flexibility index (Phi) is 8.05. The van der Waals surface area contributed by atoms with Crippen LogP contribution in [-0.4, -0.2) is 36.4 Å². The fraction of sp³-hybridized carbons (Fsp3) is 0.667. The maximum absolute atomic E-state index is 11.4. The molecular weight excluding hydrogens is 224 g/mol. The van der Waals surface area contributed by atoms with Gasteiger partial charge in [0.25, 0.3) is 0 Å². The quantitative estimate of drug-likeness (QED) is 0.394. The van der Waals surface area contributed by atoms with Crippen LogP contribution >= 0.6 is 0 Å². The van der Waals surface area contributed by atoms with E-state index in [2.05, 4.69) is 11.3 Å². The number of unbranched alkanes of at least 4 members (excludes halogenated alkanes) is 2. The van der Waals surface area contributed by atoms with Crippen molar-refractivity contribution in [2.45, 2.75) is 39.2 Å². The highest BCUT2D eigenvalue weighted by Gasteiger charge is 2.25. The zero-order chi connectivity index (χ0) is 13.3. The summed E-state index contributed by atoms with van der Waals surface area (Å²) >= 11 is 0. The minimum atomic E-state index is -1.64. The van der Waals surface area contributed by atoms with Gasteiger partial charge in [0, 0.05) is 0 Å². The Hall–Kier alpha value is -1.36. The van der Waals surface area contributed by atoms with E-state index in [-0.39, 0.29) is 18.8 Å². The molecule has 0 heterocycles. The highest BCUT2D eigenvalue weighted by Crippen LogP contribution is 2.05. The van der Waals surface area contributed by atoms with Gasteiger partial charge in [-0.05, 0) is 13.3 Å². The third kappa shape index (κ3) is 6.06. The summed E-state index contributed by atoms with van der Waals surface area (Å²) < 4.78 is 9.41. The molecule has 0 fully saturated rings. The molecule has 0 spiro atoms. The summed E-state index contributed by atoms with van der Waals surface area (Å²) in [6, 6.07) is 0. The second-order valence-electron chi connectivity index (χ2n) is 3.52. The number of esters is 2. The predicted molar refractivity (Wildman–Crippen MR) is 62.3 cm³/mol. The summed E-state index contributed by atoms with van der Waals surface area (Å²) in [5.41, 5.74) is -0.292. The van der Waals surface area contributed by atoms with Gasteiger partial charge in [0.2, 0.25) is 0 Å². The maximum atomic E-state index is 11.4. The van der Waals surface area contributed by atoms with Crippen molar-refractivity contribution in [3.63, 3.8) is 0 Å². The second kappa shape index (κ2) is 8.75. The van der Waals surface area contributed by atoms with Crippen molar-refractivity contribution < 1.29 is 24.2 Å². The number of ether oxygens (including phenoxy) is 2. The largest absolute Gasteiger partial charge is 0.464 e. The van der Waals surface area contributed by atoms with E-state index in [1.165, 1.54) is 0 Å². The van der Waals surface area contributed by atoms with E-state index < -0.39 is 18.0 Å². The van der Waals surface area contributed by atoms with Gasteiger partial charge in [0.15, 0.2) is 6.10 Å². The molecular formula is C12H20O5. The second-order valence-corrected chi connectivity index (χ2v) is 3.52. The Labute approximate surface area is 101 Å². The molecule has 5 nitrogen and oxygen atoms in total. The van der Waals surface area contributed by atoms with Crippen LogP contribution in [0.15, 0.2) is 12.2 Å². The van der Waals surface area contributed by atoms with Gasteiger partial charge in [-0.25, -0.2) is 9.59 Å². The summed E-state index contributed by atoms with van der Waals surface area (Å²) in [5.74, 6) is -1.65. The summed E-state index contributed by atoms with van der Waals surface area (Å²) in [6.45, 7) is 7.37. The molecule has 0 radical (unpaired) electrons. The summed E-state index contributed by atoms with van der Waals surface area (Å²) in [4.78, 5) is 22.5. The van der Waals surface area contributed by atoms with Crippen LogP contribution in [0, 0.1) is 0 Å². The van der Waals surface area contributed by atoms with E-state index in [1.807, 2.05) is 6.92 Å². The molecule has 17 heavy (non-hydrogen) atoms. The summed E-state index contributed by atoms with van der Waals surface area (Å²) in [5, 5.41) is 9.42. The Balaban J connectivity index is 4.03. The standard InChI is InChI=1S/C12H20O5/c1-4-6-7-8-17-11(14)9(3)10(13)12(15)16-5-2/h10,13H,3-8H2,1-2H3. The van der Waals surface area contributed by atoms with Crippen LogP contribution in [0.3, 0.4) is 0 Å². The van der Waals surface area contributed by atoms with Crippen molar-refractivity contribution >= 4 is 11.9 Å². The van der Waals surface area contributed by atoms with Crippen LogP contribution in [0.1, 0.15) is 33.1 Å². The van der Waals surface area contributed by atoms with E-state index >= 15 is 0 Å². The number of hydrogen-bond donors (Lipinski definition) is 1. The first-order chi connectivity index (χ1) is 8.04. The van der Waals surface area contributed by atoms with E-state index in [1.54, 1.807) is 6.92 Å². The van der Waals surface area contributed by atoms with E-state index in [4.69, 9.17) is 4.74 Å². The average molecular weight is 244 g/mol. The highest BCUT2D eigenvalue weighted by atomic mass is 16.6. The van der Waals surface area contributed by atoms with Crippen molar-refractivity contribution in [1.82, 2.24) is 0 Å². The molecule has 1 atom stereocenters. The zero-order valence-corrected chi connectivity index (χ0v) is 10.4. The number of aliphatic hydroxyl groups excluding tert-OH is 1. The van der Waals surface area contributed by atoms with Gasteiger partial charge < -0.3 is 14.6 Å². The van der Waals surface area contributed by atoms with Crippen molar-refractivity contribution in [2.24, 2.45) is 0 Å². The molecule has 0 saturated heterocycles. The fourth-order valence-corrected chi connectivity index (χ4v) is 1.08. The van der Waals surface area contributed by atoms with Crippen LogP contribution in [0.25, 0.3) is 0 Å². The highest BCUT2D eigenvalue weighted by molar-refractivity contribution is 5.96. The normalized spacial score (nSPS) is 11.7. The number of aliphatic hydroxyl groups is 1. The van der Waals surface area contributed by atoms with Gasteiger partial charge in [0.1, 0.15) is 0 Å². The van der Waals surface area contributed by atoms with Crippen molar-refractivity contribution in [3.05, 3.63) is 12.2 Å². The molecule has 1 N–H and O–H groups in total. The Morgan fingerprint density at radius 2 is 1.88 bits per heavy atom. The van der Waals surface area contributed by atoms with Crippen LogP contribution in [0.2, 0.25) is 0 Å². The monoisotopic (exact) mass is 244 g/mol. The van der Waals surface area contributed by atoms with Crippen LogP contribution in [0.4, 0.5) is 0 Å². The topological polar surface area (TPSA) is 72.8 Å². The fourth-order valence-electron chi connectivity index (χ4n) is 1.08. The molecule has 0 aliphatic heterocycles. The van der Waals surface area contributed by atoms with E-state index in [0.29, 0.717) is 0 Å². The third-order valence-electron chi connectivity index (χ3n) is 2.08. The number of hydrogen-bond acceptors (Lipinski definition) is 5. The lowest BCUT2D eigenvalue weighted by Gasteiger charge is -2.11. The summed E-state index contributed by atoms with van der Waals surface area (Å²) in [6.07, 6.45) is 1.09. The molecule has 1 unspecified atom stereocenters. The van der Waals surface area contributed by atoms with Gasteiger partial charge in [0.05, 0.1) is 18.8 Å². The third-order valence-corrected chi connectivity index (χ3v) is 2.08. The van der Waals surface area contributed by atoms with Gasteiger partial charge in [-0.2, -0.15) is 0 Å². The zero-order valence-electron chi connectivity index (χ0n) is 10.4. The van der Waals surface area contributed by atoms with Crippen LogP contribution in [-0.2, 0) is 19.1 Å². The summed E-state index contributed by atoms with van der Waals surface area (Å²) in [7, 11) is 0. The lowest BCUT2D eigenvalue weighted by atomic mass is 10.2. The molecule has 0 aromatic rings. The molecule has 98 valence electrons. The average Bonchev–Trinajstić information content (AvgIpc) is 2.32. The Bertz CT molecular complexity index is 272. The van der Waals surface area contributed by atoms with E-state index in [0.717, 1.165) is 19.3 Å². The Morgan fingerprint density at radius 3 is 2.41 bits per heavy atom. The molecule has 5 heteroatoms. The van der Waals surface area contributed by atoms with Crippen molar-refractivity contribution in [2.75, 3.05) is 13.2 Å². The first-order valence-corrected chi connectivity index (χ1v) is 5.75. The maximum Gasteiger partial charge on any atom is 0.339 e. The van der Waals surface area contributed by atoms with E-state index in [9.17, 15) is 14.7 Å². The molecule has 0 aliphatic carbocycles. The molecule has 0 saturated carbocycles. The van der Waals surface area contributed by atoms with Crippen molar-refractivity contribution in [1.29, 1.82) is 0 Å². The van der Waals surface area contributed by atoms with Crippen LogP contribution < -0.4 is 0 Å². The first-order valence-electron chi connectivity index (χ1n) is 5.75. The minimum Gasteiger partial charge on any atom is -0.464 e. The van der Waals surface area contributed by atoms with Gasteiger partial charge in [-0.3, -0.25) is 0 Å². The molecule has 0 bridgehead atoms.